The Hall–Kier alpha value is -2.12. The quantitative estimate of drug-likeness (QED) is 0.911. The molecule has 122 valence electrons. The predicted molar refractivity (Wildman–Crippen MR) is 89.0 cm³/mol. The summed E-state index contributed by atoms with van der Waals surface area (Å²) in [5, 5.41) is 2.92. The normalized spacial score (nSPS) is 14.1. The van der Waals surface area contributed by atoms with Crippen LogP contribution in [0.25, 0.3) is 0 Å². The number of benzene rings is 1. The lowest BCUT2D eigenvalue weighted by molar-refractivity contribution is -0.120. The highest BCUT2D eigenvalue weighted by molar-refractivity contribution is 7.09. The molecule has 0 fully saturated rings. The van der Waals surface area contributed by atoms with Crippen LogP contribution in [0.5, 0.6) is 11.5 Å². The van der Waals surface area contributed by atoms with Gasteiger partial charge in [0.15, 0.2) is 11.5 Å². The van der Waals surface area contributed by atoms with E-state index in [0.717, 1.165) is 5.69 Å². The molecular formula is C16H19N3O3S. The van der Waals surface area contributed by atoms with Crippen molar-refractivity contribution in [2.24, 2.45) is 0 Å². The monoisotopic (exact) mass is 333 g/mol. The van der Waals surface area contributed by atoms with Crippen molar-refractivity contribution < 1.29 is 14.3 Å². The van der Waals surface area contributed by atoms with Gasteiger partial charge in [-0.3, -0.25) is 9.69 Å². The molecule has 2 aromatic rings. The molecule has 6 nitrogen and oxygen atoms in total. The summed E-state index contributed by atoms with van der Waals surface area (Å²) < 4.78 is 10.6. The van der Waals surface area contributed by atoms with Gasteiger partial charge in [-0.05, 0) is 33.0 Å². The van der Waals surface area contributed by atoms with Gasteiger partial charge in [-0.1, -0.05) is 0 Å². The molecule has 1 aliphatic heterocycles. The zero-order valence-electron chi connectivity index (χ0n) is 13.3. The van der Waals surface area contributed by atoms with E-state index in [1.54, 1.807) is 23.5 Å². The molecule has 1 aromatic heterocycles. The number of anilines is 1. The van der Waals surface area contributed by atoms with Crippen molar-refractivity contribution in [2.75, 3.05) is 19.2 Å². The van der Waals surface area contributed by atoms with Crippen molar-refractivity contribution in [1.29, 1.82) is 0 Å². The van der Waals surface area contributed by atoms with Crippen LogP contribution in [0.3, 0.4) is 0 Å². The number of fused-ring (bicyclic) bond motifs is 1. The molecule has 23 heavy (non-hydrogen) atoms. The zero-order chi connectivity index (χ0) is 16.4. The molecule has 0 radical (unpaired) electrons. The Morgan fingerprint density at radius 3 is 2.96 bits per heavy atom. The van der Waals surface area contributed by atoms with Gasteiger partial charge in [-0.25, -0.2) is 4.98 Å². The van der Waals surface area contributed by atoms with Crippen molar-refractivity contribution in [3.8, 4) is 11.5 Å². The summed E-state index contributed by atoms with van der Waals surface area (Å²) in [6.45, 7) is 4.79. The molecule has 1 aromatic carbocycles. The lowest BCUT2D eigenvalue weighted by Gasteiger charge is -2.23. The van der Waals surface area contributed by atoms with Crippen LogP contribution in [0.4, 0.5) is 5.69 Å². The second-order valence-corrected chi connectivity index (χ2v) is 6.45. The van der Waals surface area contributed by atoms with Gasteiger partial charge in [-0.2, -0.15) is 0 Å². The first-order valence-electron chi connectivity index (χ1n) is 7.34. The van der Waals surface area contributed by atoms with Crippen LogP contribution in [-0.4, -0.2) is 35.7 Å². The topological polar surface area (TPSA) is 63.7 Å². The maximum atomic E-state index is 12.4. The van der Waals surface area contributed by atoms with E-state index < -0.39 is 0 Å². The third-order valence-electron chi connectivity index (χ3n) is 3.92. The summed E-state index contributed by atoms with van der Waals surface area (Å²) in [5.74, 6) is 1.30. The maximum Gasteiger partial charge on any atom is 0.241 e. The van der Waals surface area contributed by atoms with Crippen LogP contribution >= 0.6 is 11.3 Å². The summed E-state index contributed by atoms with van der Waals surface area (Å²) in [4.78, 5) is 19.8. The molecule has 1 aliphatic rings. The molecule has 0 saturated heterocycles. The van der Waals surface area contributed by atoms with Gasteiger partial charge in [0.1, 0.15) is 0 Å². The fraction of sp³-hybridized carbons (Fsp3) is 0.375. The fourth-order valence-corrected chi connectivity index (χ4v) is 3.10. The van der Waals surface area contributed by atoms with E-state index in [2.05, 4.69) is 10.3 Å². The van der Waals surface area contributed by atoms with E-state index in [0.29, 0.717) is 23.7 Å². The molecule has 1 amide bonds. The highest BCUT2D eigenvalue weighted by atomic mass is 32.1. The summed E-state index contributed by atoms with van der Waals surface area (Å²) in [5.41, 5.74) is 3.55. The zero-order valence-corrected chi connectivity index (χ0v) is 14.1. The lowest BCUT2D eigenvalue weighted by Crippen LogP contribution is -2.39. The molecule has 1 unspecified atom stereocenters. The largest absolute Gasteiger partial charge is 0.454 e. The Labute approximate surface area is 139 Å². The van der Waals surface area contributed by atoms with Gasteiger partial charge in [0.25, 0.3) is 0 Å². The predicted octanol–water partition coefficient (Wildman–Crippen LogP) is 2.64. The standard InChI is InChI=1S/C16H19N3O3S/c1-10-15(23-8-17-10)7-19(3)11(2)16(20)18-12-4-5-13-14(6-12)22-9-21-13/h4-6,8,11H,7,9H2,1-3H3,(H,18,20). The van der Waals surface area contributed by atoms with Crippen LogP contribution in [0.1, 0.15) is 17.5 Å². The van der Waals surface area contributed by atoms with Crippen LogP contribution in [0.15, 0.2) is 23.7 Å². The molecule has 1 atom stereocenters. The number of aryl methyl sites for hydroxylation is 1. The third-order valence-corrected chi connectivity index (χ3v) is 4.84. The van der Waals surface area contributed by atoms with E-state index in [4.69, 9.17) is 9.47 Å². The number of nitrogens with zero attached hydrogens (tertiary/aromatic N) is 2. The van der Waals surface area contributed by atoms with Gasteiger partial charge in [0, 0.05) is 23.2 Å². The highest BCUT2D eigenvalue weighted by Gasteiger charge is 2.20. The van der Waals surface area contributed by atoms with Crippen molar-refractivity contribution >= 4 is 22.9 Å². The van der Waals surface area contributed by atoms with E-state index in [9.17, 15) is 4.79 Å². The second kappa shape index (κ2) is 6.55. The van der Waals surface area contributed by atoms with E-state index in [1.807, 2.05) is 37.4 Å². The Bertz CT molecular complexity index is 716. The minimum Gasteiger partial charge on any atom is -0.454 e. The molecule has 0 saturated carbocycles. The fourth-order valence-electron chi connectivity index (χ4n) is 2.26. The van der Waals surface area contributed by atoms with Gasteiger partial charge in [0.2, 0.25) is 12.7 Å². The minimum atomic E-state index is -0.262. The number of amides is 1. The van der Waals surface area contributed by atoms with E-state index in [-0.39, 0.29) is 18.7 Å². The van der Waals surface area contributed by atoms with Crippen LogP contribution in [-0.2, 0) is 11.3 Å². The number of hydrogen-bond acceptors (Lipinski definition) is 6. The van der Waals surface area contributed by atoms with Crippen LogP contribution in [0, 0.1) is 6.92 Å². The van der Waals surface area contributed by atoms with Gasteiger partial charge in [0.05, 0.1) is 17.2 Å². The van der Waals surface area contributed by atoms with E-state index in [1.165, 1.54) is 4.88 Å². The van der Waals surface area contributed by atoms with Crippen LogP contribution in [0.2, 0.25) is 0 Å². The van der Waals surface area contributed by atoms with Crippen molar-refractivity contribution in [3.05, 3.63) is 34.3 Å². The number of thiazole rings is 1. The van der Waals surface area contributed by atoms with Crippen LogP contribution < -0.4 is 14.8 Å². The number of rotatable bonds is 5. The first-order valence-corrected chi connectivity index (χ1v) is 8.22. The summed E-state index contributed by atoms with van der Waals surface area (Å²) in [7, 11) is 1.93. The summed E-state index contributed by atoms with van der Waals surface area (Å²) in [6.07, 6.45) is 0. The third kappa shape index (κ3) is 3.46. The average Bonchev–Trinajstić information content (AvgIpc) is 3.15. The van der Waals surface area contributed by atoms with Crippen molar-refractivity contribution in [3.63, 3.8) is 0 Å². The molecule has 0 bridgehead atoms. The van der Waals surface area contributed by atoms with Gasteiger partial charge < -0.3 is 14.8 Å². The number of nitrogens with one attached hydrogen (secondary N) is 1. The number of likely N-dealkylation sites (N-methyl/N-ethyl adjacent to an activating group) is 1. The van der Waals surface area contributed by atoms with Crippen molar-refractivity contribution in [1.82, 2.24) is 9.88 Å². The molecule has 7 heteroatoms. The SMILES string of the molecule is Cc1ncsc1CN(C)C(C)C(=O)Nc1ccc2c(c1)OCO2. The minimum absolute atomic E-state index is 0.0615. The maximum absolute atomic E-state index is 12.4. The summed E-state index contributed by atoms with van der Waals surface area (Å²) >= 11 is 1.61. The summed E-state index contributed by atoms with van der Waals surface area (Å²) in [6, 6.07) is 5.13. The first-order chi connectivity index (χ1) is 11.0. The molecule has 1 N–H and O–H groups in total. The number of carbonyl (C=O) groups excluding carboxylic acids is 1. The lowest BCUT2D eigenvalue weighted by atomic mass is 10.2. The smallest absolute Gasteiger partial charge is 0.241 e. The number of carbonyl (C=O) groups is 1. The van der Waals surface area contributed by atoms with Gasteiger partial charge >= 0.3 is 0 Å². The van der Waals surface area contributed by atoms with Crippen molar-refractivity contribution in [2.45, 2.75) is 26.4 Å². The number of aromatic nitrogens is 1. The van der Waals surface area contributed by atoms with Gasteiger partial charge in [-0.15, -0.1) is 11.3 Å². The molecule has 3 rings (SSSR count). The Balaban J connectivity index is 1.62. The Kier molecular flexibility index (Phi) is 4.49. The number of ether oxygens (including phenoxy) is 2. The highest BCUT2D eigenvalue weighted by Crippen LogP contribution is 2.34. The Morgan fingerprint density at radius 1 is 1.43 bits per heavy atom. The second-order valence-electron chi connectivity index (χ2n) is 5.51. The van der Waals surface area contributed by atoms with E-state index >= 15 is 0 Å². The Morgan fingerprint density at radius 2 is 2.22 bits per heavy atom. The average molecular weight is 333 g/mol. The number of hydrogen-bond donors (Lipinski definition) is 1. The molecule has 0 spiro atoms. The molecule has 0 aliphatic carbocycles. The molecular weight excluding hydrogens is 314 g/mol. The molecule has 2 heterocycles. The first kappa shape index (κ1) is 15.8.